The lowest BCUT2D eigenvalue weighted by Gasteiger charge is -2.10. The molecule has 23 heavy (non-hydrogen) atoms. The van der Waals surface area contributed by atoms with E-state index in [1.807, 2.05) is 0 Å². The predicted molar refractivity (Wildman–Crippen MR) is 83.9 cm³/mol. The van der Waals surface area contributed by atoms with Gasteiger partial charge < -0.3 is 9.52 Å². The summed E-state index contributed by atoms with van der Waals surface area (Å²) < 4.78 is 5.28. The standard InChI is InChI=1S/C13H9ClN2O6S/c14-5-1-6-10(17)7(12-15-8(4-23-12)13(18)19)3-22-11(6)9(2-5)16(20)21/h1-3,8,12,15H,4H2,(H,18,19). The molecule has 0 amide bonds. The third-order valence-corrected chi connectivity index (χ3v) is 4.87. The summed E-state index contributed by atoms with van der Waals surface area (Å²) in [6.07, 6.45) is 1.13. The Labute approximate surface area is 137 Å². The van der Waals surface area contributed by atoms with Crippen LogP contribution in [0.3, 0.4) is 0 Å². The summed E-state index contributed by atoms with van der Waals surface area (Å²) in [6.45, 7) is 0. The van der Waals surface area contributed by atoms with Crippen molar-refractivity contribution >= 4 is 46.0 Å². The number of nitro groups is 1. The molecule has 1 aromatic heterocycles. The first-order chi connectivity index (χ1) is 10.9. The van der Waals surface area contributed by atoms with Crippen molar-refractivity contribution in [3.05, 3.63) is 49.3 Å². The molecule has 2 N–H and O–H groups in total. The zero-order valence-corrected chi connectivity index (χ0v) is 12.9. The van der Waals surface area contributed by atoms with Gasteiger partial charge in [-0.2, -0.15) is 0 Å². The summed E-state index contributed by atoms with van der Waals surface area (Å²) in [5.74, 6) is -0.712. The number of benzene rings is 1. The molecule has 120 valence electrons. The van der Waals surface area contributed by atoms with Gasteiger partial charge in [0.2, 0.25) is 5.58 Å². The molecule has 1 aliphatic heterocycles. The van der Waals surface area contributed by atoms with Gasteiger partial charge in [0.15, 0.2) is 5.43 Å². The molecule has 2 atom stereocenters. The van der Waals surface area contributed by atoms with Crippen LogP contribution < -0.4 is 10.7 Å². The number of carbonyl (C=O) groups is 1. The predicted octanol–water partition coefficient (Wildman–Crippen LogP) is 2.14. The summed E-state index contributed by atoms with van der Waals surface area (Å²) in [5.41, 5.74) is -0.840. The summed E-state index contributed by atoms with van der Waals surface area (Å²) >= 11 is 7.08. The number of hydrogen-bond donors (Lipinski definition) is 2. The van der Waals surface area contributed by atoms with Crippen LogP contribution in [0.5, 0.6) is 0 Å². The Balaban J connectivity index is 2.12. The first-order valence-corrected chi connectivity index (χ1v) is 7.81. The molecule has 0 radical (unpaired) electrons. The Morgan fingerprint density at radius 2 is 2.26 bits per heavy atom. The first-order valence-electron chi connectivity index (χ1n) is 6.38. The largest absolute Gasteiger partial charge is 0.480 e. The number of aliphatic carboxylic acids is 1. The zero-order chi connectivity index (χ0) is 16.7. The van der Waals surface area contributed by atoms with Crippen LogP contribution in [0.2, 0.25) is 5.02 Å². The fourth-order valence-electron chi connectivity index (χ4n) is 2.31. The van der Waals surface area contributed by atoms with E-state index in [9.17, 15) is 19.7 Å². The van der Waals surface area contributed by atoms with Crippen LogP contribution in [0.1, 0.15) is 10.9 Å². The molecule has 2 heterocycles. The molecule has 1 aliphatic rings. The minimum Gasteiger partial charge on any atom is -0.480 e. The average molecular weight is 357 g/mol. The third kappa shape index (κ3) is 2.78. The van der Waals surface area contributed by atoms with Crippen LogP contribution in [0.4, 0.5) is 5.69 Å². The van der Waals surface area contributed by atoms with Gasteiger partial charge in [-0.1, -0.05) is 11.6 Å². The minimum absolute atomic E-state index is 0.0112. The maximum absolute atomic E-state index is 12.6. The van der Waals surface area contributed by atoms with Crippen molar-refractivity contribution in [2.45, 2.75) is 11.4 Å². The second-order valence-corrected chi connectivity index (χ2v) is 6.42. The number of non-ortho nitro benzene ring substituents is 1. The molecule has 2 unspecified atom stereocenters. The van der Waals surface area contributed by atoms with Crippen molar-refractivity contribution in [3.8, 4) is 0 Å². The molecule has 0 bridgehead atoms. The van der Waals surface area contributed by atoms with Gasteiger partial charge in [-0.05, 0) is 6.07 Å². The Kier molecular flexibility index (Phi) is 4.00. The van der Waals surface area contributed by atoms with Crippen molar-refractivity contribution < 1.29 is 19.2 Å². The van der Waals surface area contributed by atoms with Gasteiger partial charge in [0.1, 0.15) is 12.3 Å². The van der Waals surface area contributed by atoms with Crippen LogP contribution in [-0.4, -0.2) is 27.8 Å². The number of fused-ring (bicyclic) bond motifs is 1. The van der Waals surface area contributed by atoms with E-state index >= 15 is 0 Å². The number of carboxylic acid groups (broad SMARTS) is 1. The molecular formula is C13H9ClN2O6S. The van der Waals surface area contributed by atoms with Crippen LogP contribution in [0.25, 0.3) is 11.0 Å². The monoisotopic (exact) mass is 356 g/mol. The van der Waals surface area contributed by atoms with Gasteiger partial charge in [-0.3, -0.25) is 25.0 Å². The zero-order valence-electron chi connectivity index (χ0n) is 11.3. The highest BCUT2D eigenvalue weighted by molar-refractivity contribution is 7.99. The van der Waals surface area contributed by atoms with Gasteiger partial charge in [0, 0.05) is 16.8 Å². The number of rotatable bonds is 3. The number of nitro benzene ring substituents is 1. The molecule has 10 heteroatoms. The number of carboxylic acids is 1. The van der Waals surface area contributed by atoms with Crippen LogP contribution in [-0.2, 0) is 4.79 Å². The van der Waals surface area contributed by atoms with Gasteiger partial charge >= 0.3 is 11.7 Å². The Bertz CT molecular complexity index is 883. The Hall–Kier alpha value is -2.10. The van der Waals surface area contributed by atoms with E-state index in [0.29, 0.717) is 5.75 Å². The molecule has 1 aromatic carbocycles. The molecule has 8 nitrogen and oxygen atoms in total. The van der Waals surface area contributed by atoms with E-state index in [0.717, 1.165) is 12.3 Å². The smallest absolute Gasteiger partial charge is 0.321 e. The molecule has 0 aliphatic carbocycles. The highest BCUT2D eigenvalue weighted by atomic mass is 35.5. The van der Waals surface area contributed by atoms with E-state index in [1.54, 1.807) is 0 Å². The summed E-state index contributed by atoms with van der Waals surface area (Å²) in [6, 6.07) is 1.64. The molecule has 3 rings (SSSR count). The van der Waals surface area contributed by atoms with Gasteiger partial charge in [0.05, 0.1) is 21.2 Å². The van der Waals surface area contributed by atoms with Crippen molar-refractivity contribution in [3.63, 3.8) is 0 Å². The third-order valence-electron chi connectivity index (χ3n) is 3.40. The molecule has 1 fully saturated rings. The molecule has 0 saturated carbocycles. The van der Waals surface area contributed by atoms with Crippen LogP contribution >= 0.6 is 23.4 Å². The van der Waals surface area contributed by atoms with Crippen LogP contribution in [0.15, 0.2) is 27.6 Å². The van der Waals surface area contributed by atoms with Crippen molar-refractivity contribution in [2.24, 2.45) is 0 Å². The number of nitrogens with zero attached hydrogens (tertiary/aromatic N) is 1. The lowest BCUT2D eigenvalue weighted by atomic mass is 10.1. The lowest BCUT2D eigenvalue weighted by molar-refractivity contribution is -0.383. The highest BCUT2D eigenvalue weighted by Crippen LogP contribution is 2.34. The number of hydrogen-bond acceptors (Lipinski definition) is 7. The molecule has 1 saturated heterocycles. The summed E-state index contributed by atoms with van der Waals surface area (Å²) in [7, 11) is 0. The van der Waals surface area contributed by atoms with Crippen LogP contribution in [0, 0.1) is 10.1 Å². The van der Waals surface area contributed by atoms with Gasteiger partial charge in [0.25, 0.3) is 0 Å². The SMILES string of the molecule is O=C(O)C1CSC(c2coc3c([N+](=O)[O-])cc(Cl)cc3c2=O)N1. The fraction of sp³-hybridized carbons (Fsp3) is 0.231. The Morgan fingerprint density at radius 1 is 1.52 bits per heavy atom. The quantitative estimate of drug-likeness (QED) is 0.633. The maximum Gasteiger partial charge on any atom is 0.321 e. The summed E-state index contributed by atoms with van der Waals surface area (Å²) in [4.78, 5) is 33.9. The molecule has 2 aromatic rings. The van der Waals surface area contributed by atoms with Crippen molar-refractivity contribution in [1.82, 2.24) is 5.32 Å². The lowest BCUT2D eigenvalue weighted by Crippen LogP contribution is -2.34. The van der Waals surface area contributed by atoms with E-state index in [1.165, 1.54) is 17.8 Å². The maximum atomic E-state index is 12.6. The minimum atomic E-state index is -1.01. The van der Waals surface area contributed by atoms with E-state index in [4.69, 9.17) is 21.1 Å². The second kappa shape index (κ2) is 5.84. The molecule has 0 spiro atoms. The summed E-state index contributed by atoms with van der Waals surface area (Å²) in [5, 5.41) is 22.3. The first kappa shape index (κ1) is 15.8. The highest BCUT2D eigenvalue weighted by Gasteiger charge is 2.33. The van der Waals surface area contributed by atoms with E-state index < -0.39 is 33.4 Å². The average Bonchev–Trinajstić information content (AvgIpc) is 2.97. The van der Waals surface area contributed by atoms with Crippen molar-refractivity contribution in [2.75, 3.05) is 5.75 Å². The van der Waals surface area contributed by atoms with Gasteiger partial charge in [-0.15, -0.1) is 11.8 Å². The normalized spacial score (nSPS) is 20.7. The molecular weight excluding hydrogens is 348 g/mol. The van der Waals surface area contributed by atoms with Crippen molar-refractivity contribution in [1.29, 1.82) is 0 Å². The number of thioether (sulfide) groups is 1. The topological polar surface area (TPSA) is 123 Å². The number of halogens is 1. The number of nitrogens with one attached hydrogen (secondary N) is 1. The van der Waals surface area contributed by atoms with E-state index in [2.05, 4.69) is 5.32 Å². The fourth-order valence-corrected chi connectivity index (χ4v) is 3.75. The Morgan fingerprint density at radius 3 is 2.87 bits per heavy atom. The van der Waals surface area contributed by atoms with Gasteiger partial charge in [-0.25, -0.2) is 0 Å². The second-order valence-electron chi connectivity index (χ2n) is 4.85. The van der Waals surface area contributed by atoms with E-state index in [-0.39, 0.29) is 21.6 Å².